The van der Waals surface area contributed by atoms with Crippen LogP contribution in [0.15, 0.2) is 82.2 Å². The number of amides is 1. The molecule has 1 aliphatic rings. The summed E-state index contributed by atoms with van der Waals surface area (Å²) in [5, 5.41) is 0.590. The van der Waals surface area contributed by atoms with E-state index in [1.807, 2.05) is 59.5 Å². The number of ether oxygens (including phenoxy) is 1. The first kappa shape index (κ1) is 22.8. The first-order valence-electron chi connectivity index (χ1n) is 10.8. The molecule has 6 nitrogen and oxygen atoms in total. The predicted octanol–water partition coefficient (Wildman–Crippen LogP) is 4.23. The van der Waals surface area contributed by atoms with Crippen molar-refractivity contribution in [2.45, 2.75) is 13.2 Å². The van der Waals surface area contributed by atoms with Gasteiger partial charge < -0.3 is 14.1 Å². The van der Waals surface area contributed by atoms with E-state index in [1.54, 1.807) is 12.1 Å². The van der Waals surface area contributed by atoms with Crippen LogP contribution in [0.1, 0.15) is 16.9 Å². The number of carbonyl (C=O) groups excluding carboxylic acids is 1. The average Bonchev–Trinajstić information content (AvgIpc) is 2.84. The highest BCUT2D eigenvalue weighted by atomic mass is 35.5. The lowest BCUT2D eigenvalue weighted by Gasteiger charge is -2.33. The smallest absolute Gasteiger partial charge is 0.246 e. The van der Waals surface area contributed by atoms with Crippen LogP contribution in [0.2, 0.25) is 5.02 Å². The summed E-state index contributed by atoms with van der Waals surface area (Å²) >= 11 is 6.12. The van der Waals surface area contributed by atoms with Crippen LogP contribution in [0.3, 0.4) is 0 Å². The molecular weight excluding hydrogens is 440 g/mol. The van der Waals surface area contributed by atoms with E-state index in [2.05, 4.69) is 4.90 Å². The van der Waals surface area contributed by atoms with Crippen molar-refractivity contribution in [3.63, 3.8) is 0 Å². The van der Waals surface area contributed by atoms with Crippen LogP contribution in [-0.4, -0.2) is 41.9 Å². The van der Waals surface area contributed by atoms with Gasteiger partial charge in [-0.15, -0.1) is 0 Å². The van der Waals surface area contributed by atoms with Gasteiger partial charge in [0, 0.05) is 48.9 Å². The Bertz CT molecular complexity index is 1170. The van der Waals surface area contributed by atoms with Gasteiger partial charge in [-0.1, -0.05) is 60.1 Å². The molecule has 0 aliphatic carbocycles. The number of rotatable bonds is 7. The predicted molar refractivity (Wildman–Crippen MR) is 128 cm³/mol. The van der Waals surface area contributed by atoms with Crippen molar-refractivity contribution in [3.8, 4) is 5.75 Å². The van der Waals surface area contributed by atoms with Crippen molar-refractivity contribution in [2.24, 2.45) is 0 Å². The molecule has 2 aromatic carbocycles. The second-order valence-corrected chi connectivity index (χ2v) is 8.21. The lowest BCUT2D eigenvalue weighted by Crippen LogP contribution is -2.47. The zero-order chi connectivity index (χ0) is 23.0. The lowest BCUT2D eigenvalue weighted by atomic mass is 10.2. The van der Waals surface area contributed by atoms with Gasteiger partial charge in [-0.3, -0.25) is 14.5 Å². The quantitative estimate of drug-likeness (QED) is 0.490. The fraction of sp³-hybridized carbons (Fsp3) is 0.231. The third-order valence-electron chi connectivity index (χ3n) is 5.47. The monoisotopic (exact) mass is 464 g/mol. The number of nitrogens with zero attached hydrogens (tertiary/aromatic N) is 2. The van der Waals surface area contributed by atoms with E-state index in [1.165, 1.54) is 12.3 Å². The van der Waals surface area contributed by atoms with E-state index in [4.69, 9.17) is 20.8 Å². The van der Waals surface area contributed by atoms with Crippen LogP contribution >= 0.6 is 11.6 Å². The summed E-state index contributed by atoms with van der Waals surface area (Å²) in [7, 11) is 0. The third-order valence-corrected chi connectivity index (χ3v) is 5.84. The van der Waals surface area contributed by atoms with Crippen LogP contribution in [-0.2, 0) is 17.9 Å². The van der Waals surface area contributed by atoms with Crippen molar-refractivity contribution in [2.75, 3.05) is 26.2 Å². The molecule has 0 saturated carbocycles. The molecule has 0 bridgehead atoms. The van der Waals surface area contributed by atoms with E-state index >= 15 is 0 Å². The van der Waals surface area contributed by atoms with Crippen molar-refractivity contribution in [1.29, 1.82) is 0 Å². The molecular formula is C26H25ClN2O4. The van der Waals surface area contributed by atoms with Crippen LogP contribution < -0.4 is 10.2 Å². The molecule has 3 aromatic rings. The first-order valence-corrected chi connectivity index (χ1v) is 11.2. The Hall–Kier alpha value is -3.35. The molecule has 0 atom stereocenters. The molecule has 1 amide bonds. The molecule has 170 valence electrons. The summed E-state index contributed by atoms with van der Waals surface area (Å²) in [4.78, 5) is 28.9. The van der Waals surface area contributed by atoms with Gasteiger partial charge in [0.25, 0.3) is 0 Å². The highest BCUT2D eigenvalue weighted by molar-refractivity contribution is 6.31. The Kier molecular flexibility index (Phi) is 7.60. The van der Waals surface area contributed by atoms with Gasteiger partial charge in [0.1, 0.15) is 18.6 Å². The van der Waals surface area contributed by atoms with Crippen molar-refractivity contribution >= 4 is 23.6 Å². The molecule has 1 aromatic heterocycles. The van der Waals surface area contributed by atoms with Crippen molar-refractivity contribution in [1.82, 2.24) is 9.80 Å². The van der Waals surface area contributed by atoms with Gasteiger partial charge in [-0.25, -0.2) is 0 Å². The molecule has 0 spiro atoms. The SMILES string of the molecule is O=C(C=Cc1ccccc1)N1CCN(Cc2cc(=O)c(OCc3ccccc3Cl)co2)CC1. The van der Waals surface area contributed by atoms with Gasteiger partial charge in [0.05, 0.1) is 6.54 Å². The Morgan fingerprint density at radius 2 is 1.76 bits per heavy atom. The van der Waals surface area contributed by atoms with E-state index in [0.717, 1.165) is 11.1 Å². The maximum atomic E-state index is 12.4. The molecule has 4 rings (SSSR count). The van der Waals surface area contributed by atoms with Crippen molar-refractivity contribution < 1.29 is 13.9 Å². The lowest BCUT2D eigenvalue weighted by molar-refractivity contribution is -0.127. The van der Waals surface area contributed by atoms with Crippen LogP contribution in [0.25, 0.3) is 6.08 Å². The van der Waals surface area contributed by atoms with E-state index in [0.29, 0.717) is 43.5 Å². The number of benzene rings is 2. The Morgan fingerprint density at radius 3 is 2.48 bits per heavy atom. The Labute approximate surface area is 197 Å². The maximum Gasteiger partial charge on any atom is 0.246 e. The van der Waals surface area contributed by atoms with E-state index < -0.39 is 0 Å². The summed E-state index contributed by atoms with van der Waals surface area (Å²) in [5.74, 6) is 0.721. The molecule has 0 N–H and O–H groups in total. The third kappa shape index (κ3) is 6.34. The van der Waals surface area contributed by atoms with Gasteiger partial charge in [-0.05, 0) is 17.7 Å². The van der Waals surface area contributed by atoms with Gasteiger partial charge in [0.2, 0.25) is 17.1 Å². The largest absolute Gasteiger partial charge is 0.482 e. The zero-order valence-electron chi connectivity index (χ0n) is 18.2. The summed E-state index contributed by atoms with van der Waals surface area (Å²) in [5.41, 5.74) is 1.57. The highest BCUT2D eigenvalue weighted by Gasteiger charge is 2.20. The number of halogens is 1. The number of carbonyl (C=O) groups is 1. The fourth-order valence-corrected chi connectivity index (χ4v) is 3.77. The normalized spacial score (nSPS) is 14.5. The minimum atomic E-state index is -0.233. The van der Waals surface area contributed by atoms with Crippen LogP contribution in [0.5, 0.6) is 5.75 Å². The van der Waals surface area contributed by atoms with Gasteiger partial charge in [-0.2, -0.15) is 0 Å². The standard InChI is InChI=1S/C26H25ClN2O4/c27-23-9-5-4-8-21(23)18-33-25-19-32-22(16-24(25)30)17-28-12-14-29(15-13-28)26(31)11-10-20-6-2-1-3-7-20/h1-11,16,19H,12-15,17-18H2. The highest BCUT2D eigenvalue weighted by Crippen LogP contribution is 2.17. The number of hydrogen-bond acceptors (Lipinski definition) is 5. The first-order chi connectivity index (χ1) is 16.1. The maximum absolute atomic E-state index is 12.4. The fourth-order valence-electron chi connectivity index (χ4n) is 3.58. The molecule has 33 heavy (non-hydrogen) atoms. The van der Waals surface area contributed by atoms with Gasteiger partial charge in [0.15, 0.2) is 0 Å². The minimum absolute atomic E-state index is 0.00468. The number of hydrogen-bond donors (Lipinski definition) is 0. The number of piperazine rings is 1. The van der Waals surface area contributed by atoms with E-state index in [-0.39, 0.29) is 23.7 Å². The summed E-state index contributed by atoms with van der Waals surface area (Å²) in [6.07, 6.45) is 4.80. The summed E-state index contributed by atoms with van der Waals surface area (Å²) < 4.78 is 11.2. The molecule has 1 fully saturated rings. The van der Waals surface area contributed by atoms with Crippen LogP contribution in [0, 0.1) is 0 Å². The van der Waals surface area contributed by atoms with E-state index in [9.17, 15) is 9.59 Å². The molecule has 1 saturated heterocycles. The minimum Gasteiger partial charge on any atom is -0.482 e. The molecule has 0 radical (unpaired) electrons. The second kappa shape index (κ2) is 11.0. The molecule has 7 heteroatoms. The van der Waals surface area contributed by atoms with Crippen LogP contribution in [0.4, 0.5) is 0 Å². The summed E-state index contributed by atoms with van der Waals surface area (Å²) in [6, 6.07) is 18.5. The summed E-state index contributed by atoms with van der Waals surface area (Å²) in [6.45, 7) is 3.36. The van der Waals surface area contributed by atoms with Gasteiger partial charge >= 0.3 is 0 Å². The Morgan fingerprint density at radius 1 is 1.03 bits per heavy atom. The molecule has 1 aliphatic heterocycles. The topological polar surface area (TPSA) is 63.0 Å². The second-order valence-electron chi connectivity index (χ2n) is 7.80. The Balaban J connectivity index is 1.26. The van der Waals surface area contributed by atoms with Crippen molar-refractivity contribution in [3.05, 3.63) is 105 Å². The average molecular weight is 465 g/mol. The molecule has 2 heterocycles. The zero-order valence-corrected chi connectivity index (χ0v) is 18.9. The molecule has 0 unspecified atom stereocenters.